The van der Waals surface area contributed by atoms with Crippen molar-refractivity contribution in [2.75, 3.05) is 7.11 Å². The van der Waals surface area contributed by atoms with E-state index in [0.29, 0.717) is 0 Å². The number of hydrogen-bond acceptors (Lipinski definition) is 3. The minimum Gasteiger partial charge on any atom is -0.497 e. The van der Waals surface area contributed by atoms with Gasteiger partial charge in [-0.15, -0.1) is 0 Å². The molecule has 0 fully saturated rings. The van der Waals surface area contributed by atoms with E-state index in [1.165, 1.54) is 32.7 Å². The summed E-state index contributed by atoms with van der Waals surface area (Å²) in [5.74, 6) is 0.855. The summed E-state index contributed by atoms with van der Waals surface area (Å²) in [4.78, 5) is 9.07. The zero-order valence-electron chi connectivity index (χ0n) is 17.6. The van der Waals surface area contributed by atoms with Gasteiger partial charge in [0.05, 0.1) is 12.8 Å². The maximum absolute atomic E-state index is 5.38. The van der Waals surface area contributed by atoms with E-state index in [1.54, 1.807) is 7.11 Å². The van der Waals surface area contributed by atoms with Crippen LogP contribution in [0.25, 0.3) is 54.7 Å². The van der Waals surface area contributed by atoms with E-state index in [2.05, 4.69) is 71.7 Å². The first-order chi connectivity index (χ1) is 15.8. The topological polar surface area (TPSA) is 35.0 Å². The van der Waals surface area contributed by atoms with Crippen LogP contribution >= 0.6 is 0 Å². The standard InChI is InChI=1S/C29H20N2O/c1-32-22-12-10-19(11-13-22)28-23-6-2-4-8-25(23)29(26-9-5-3-7-24(26)28)27-16-20-14-15-30-17-21(20)18-31-27/h2-18H,1H3. The van der Waals surface area contributed by atoms with Crippen LogP contribution in [-0.2, 0) is 0 Å². The Morgan fingerprint density at radius 2 is 1.25 bits per heavy atom. The first-order valence-electron chi connectivity index (χ1n) is 10.6. The summed E-state index contributed by atoms with van der Waals surface area (Å²) in [5.41, 5.74) is 4.53. The summed E-state index contributed by atoms with van der Waals surface area (Å²) in [6.07, 6.45) is 5.60. The Balaban J connectivity index is 1.73. The largest absolute Gasteiger partial charge is 0.497 e. The molecule has 0 amide bonds. The molecular weight excluding hydrogens is 392 g/mol. The monoisotopic (exact) mass is 412 g/mol. The number of pyridine rings is 2. The van der Waals surface area contributed by atoms with Crippen molar-refractivity contribution < 1.29 is 4.74 Å². The maximum Gasteiger partial charge on any atom is 0.118 e. The number of aromatic nitrogens is 2. The molecule has 0 atom stereocenters. The van der Waals surface area contributed by atoms with Crippen molar-refractivity contribution in [2.45, 2.75) is 0 Å². The smallest absolute Gasteiger partial charge is 0.118 e. The van der Waals surface area contributed by atoms with Gasteiger partial charge in [-0.05, 0) is 62.3 Å². The zero-order valence-corrected chi connectivity index (χ0v) is 17.6. The molecule has 32 heavy (non-hydrogen) atoms. The van der Waals surface area contributed by atoms with E-state index >= 15 is 0 Å². The van der Waals surface area contributed by atoms with Gasteiger partial charge >= 0.3 is 0 Å². The molecule has 0 unspecified atom stereocenters. The second-order valence-corrected chi connectivity index (χ2v) is 7.86. The Kier molecular flexibility index (Phi) is 4.32. The Morgan fingerprint density at radius 1 is 0.625 bits per heavy atom. The highest BCUT2D eigenvalue weighted by atomic mass is 16.5. The highest BCUT2D eigenvalue weighted by molar-refractivity contribution is 6.21. The molecule has 0 aliphatic rings. The molecule has 4 aromatic carbocycles. The first-order valence-corrected chi connectivity index (χ1v) is 10.6. The van der Waals surface area contributed by atoms with Gasteiger partial charge in [0, 0.05) is 29.5 Å². The van der Waals surface area contributed by atoms with Crippen molar-refractivity contribution in [3.63, 3.8) is 0 Å². The van der Waals surface area contributed by atoms with Crippen molar-refractivity contribution >= 4 is 32.3 Å². The number of benzene rings is 4. The second-order valence-electron chi connectivity index (χ2n) is 7.86. The molecule has 0 saturated carbocycles. The van der Waals surface area contributed by atoms with Crippen LogP contribution in [0.4, 0.5) is 0 Å². The third-order valence-electron chi connectivity index (χ3n) is 6.09. The van der Waals surface area contributed by atoms with Crippen molar-refractivity contribution in [2.24, 2.45) is 0 Å². The van der Waals surface area contributed by atoms with Gasteiger partial charge in [0.15, 0.2) is 0 Å². The molecule has 0 aliphatic heterocycles. The number of hydrogen-bond donors (Lipinski definition) is 0. The predicted molar refractivity (Wildman–Crippen MR) is 132 cm³/mol. The molecule has 0 saturated heterocycles. The molecule has 0 spiro atoms. The summed E-state index contributed by atoms with van der Waals surface area (Å²) < 4.78 is 5.38. The molecule has 6 aromatic rings. The van der Waals surface area contributed by atoms with Crippen LogP contribution in [0.15, 0.2) is 104 Å². The van der Waals surface area contributed by atoms with Gasteiger partial charge in [-0.1, -0.05) is 60.7 Å². The average molecular weight is 412 g/mol. The first kappa shape index (κ1) is 18.5. The van der Waals surface area contributed by atoms with Crippen LogP contribution in [0.3, 0.4) is 0 Å². The predicted octanol–water partition coefficient (Wildman–Crippen LogP) is 7.28. The van der Waals surface area contributed by atoms with Gasteiger partial charge in [-0.25, -0.2) is 0 Å². The molecule has 3 nitrogen and oxygen atoms in total. The number of methoxy groups -OCH3 is 1. The Bertz CT molecular complexity index is 1550. The number of nitrogens with zero attached hydrogens (tertiary/aromatic N) is 2. The van der Waals surface area contributed by atoms with Gasteiger partial charge in [0.2, 0.25) is 0 Å². The highest BCUT2D eigenvalue weighted by Crippen LogP contribution is 2.43. The summed E-state index contributed by atoms with van der Waals surface area (Å²) in [7, 11) is 1.70. The van der Waals surface area contributed by atoms with E-state index < -0.39 is 0 Å². The third kappa shape index (κ3) is 2.90. The summed E-state index contributed by atoms with van der Waals surface area (Å²) in [6.45, 7) is 0. The minimum absolute atomic E-state index is 0.855. The lowest BCUT2D eigenvalue weighted by Crippen LogP contribution is -1.93. The fraction of sp³-hybridized carbons (Fsp3) is 0.0345. The van der Waals surface area contributed by atoms with Crippen molar-refractivity contribution in [1.29, 1.82) is 0 Å². The van der Waals surface area contributed by atoms with E-state index in [4.69, 9.17) is 9.72 Å². The molecule has 152 valence electrons. The Morgan fingerprint density at radius 3 is 1.88 bits per heavy atom. The highest BCUT2D eigenvalue weighted by Gasteiger charge is 2.17. The SMILES string of the molecule is COc1ccc(-c2c3ccccc3c(-c3cc4ccncc4cn3)c3ccccc23)cc1. The summed E-state index contributed by atoms with van der Waals surface area (Å²) >= 11 is 0. The molecular formula is C29H20N2O. The summed E-state index contributed by atoms with van der Waals surface area (Å²) in [5, 5.41) is 6.99. The van der Waals surface area contributed by atoms with Crippen molar-refractivity contribution in [3.05, 3.63) is 104 Å². The van der Waals surface area contributed by atoms with Crippen LogP contribution in [0, 0.1) is 0 Å². The molecule has 2 aromatic heterocycles. The lowest BCUT2D eigenvalue weighted by Gasteiger charge is -2.17. The van der Waals surface area contributed by atoms with Gasteiger partial charge in [-0.2, -0.15) is 0 Å². The summed E-state index contributed by atoms with van der Waals surface area (Å²) in [6, 6.07) is 29.7. The molecule has 3 heteroatoms. The van der Waals surface area contributed by atoms with Gasteiger partial charge in [-0.3, -0.25) is 9.97 Å². The van der Waals surface area contributed by atoms with Crippen LogP contribution in [0.1, 0.15) is 0 Å². The number of ether oxygens (including phenoxy) is 1. The van der Waals surface area contributed by atoms with Crippen LogP contribution < -0.4 is 4.74 Å². The van der Waals surface area contributed by atoms with Crippen LogP contribution in [0.5, 0.6) is 5.75 Å². The molecule has 0 radical (unpaired) electrons. The van der Waals surface area contributed by atoms with Crippen molar-refractivity contribution in [1.82, 2.24) is 9.97 Å². The fourth-order valence-corrected chi connectivity index (χ4v) is 4.59. The molecule has 6 rings (SSSR count). The van der Waals surface area contributed by atoms with Gasteiger partial charge < -0.3 is 4.74 Å². The Hall–Kier alpha value is -4.24. The quantitative estimate of drug-likeness (QED) is 0.287. The number of fused-ring (bicyclic) bond motifs is 3. The van der Waals surface area contributed by atoms with E-state index in [9.17, 15) is 0 Å². The maximum atomic E-state index is 5.38. The van der Waals surface area contributed by atoms with E-state index in [0.717, 1.165) is 27.8 Å². The second kappa shape index (κ2) is 7.47. The molecule has 0 aliphatic carbocycles. The van der Waals surface area contributed by atoms with E-state index in [-0.39, 0.29) is 0 Å². The Labute approximate surface area is 186 Å². The normalized spacial score (nSPS) is 11.3. The fourth-order valence-electron chi connectivity index (χ4n) is 4.59. The number of rotatable bonds is 3. The van der Waals surface area contributed by atoms with Crippen molar-refractivity contribution in [3.8, 4) is 28.1 Å². The minimum atomic E-state index is 0.855. The lowest BCUT2D eigenvalue weighted by atomic mass is 9.87. The molecule has 0 N–H and O–H groups in total. The lowest BCUT2D eigenvalue weighted by molar-refractivity contribution is 0.415. The molecule has 0 bridgehead atoms. The van der Waals surface area contributed by atoms with Crippen LogP contribution in [0.2, 0.25) is 0 Å². The van der Waals surface area contributed by atoms with Crippen LogP contribution in [-0.4, -0.2) is 17.1 Å². The zero-order chi connectivity index (χ0) is 21.5. The van der Waals surface area contributed by atoms with Gasteiger partial charge in [0.1, 0.15) is 5.75 Å². The molecule has 2 heterocycles. The average Bonchev–Trinajstić information content (AvgIpc) is 2.87. The van der Waals surface area contributed by atoms with Gasteiger partial charge in [0.25, 0.3) is 0 Å². The van der Waals surface area contributed by atoms with E-state index in [1.807, 2.05) is 36.8 Å². The third-order valence-corrected chi connectivity index (χ3v) is 6.09.